The summed E-state index contributed by atoms with van der Waals surface area (Å²) in [5.41, 5.74) is 0. The monoisotopic (exact) mass is 202 g/mol. The minimum absolute atomic E-state index is 0.227. The van der Waals surface area contributed by atoms with Crippen LogP contribution in [0.4, 0.5) is 4.79 Å². The van der Waals surface area contributed by atoms with Gasteiger partial charge in [0.05, 0.1) is 13.2 Å². The zero-order valence-electron chi connectivity index (χ0n) is 8.78. The molecule has 5 nitrogen and oxygen atoms in total. The lowest BCUT2D eigenvalue weighted by atomic mass is 10.1. The molecule has 1 amide bonds. The molecule has 5 heteroatoms. The highest BCUT2D eigenvalue weighted by Crippen LogP contribution is 2.10. The number of cyclic esters (lactones) is 1. The summed E-state index contributed by atoms with van der Waals surface area (Å²) < 4.78 is 9.97. The normalized spacial score (nSPS) is 22.3. The van der Waals surface area contributed by atoms with Crippen molar-refractivity contribution in [2.24, 2.45) is 5.92 Å². The van der Waals surface area contributed by atoms with E-state index in [9.17, 15) is 4.79 Å². The maximum Gasteiger partial charge on any atom is 0.409 e. The molecule has 1 aliphatic rings. The summed E-state index contributed by atoms with van der Waals surface area (Å²) in [6.45, 7) is 3.31. The minimum atomic E-state index is -0.227. The summed E-state index contributed by atoms with van der Waals surface area (Å²) in [6, 6.07) is 0. The smallest absolute Gasteiger partial charge is 0.409 e. The fraction of sp³-hybridized carbons (Fsp3) is 0.889. The van der Waals surface area contributed by atoms with E-state index in [-0.39, 0.29) is 6.09 Å². The molecule has 1 N–H and O–H groups in total. The zero-order chi connectivity index (χ0) is 10.4. The molecule has 0 spiro atoms. The maximum absolute atomic E-state index is 11.3. The van der Waals surface area contributed by atoms with Crippen LogP contribution in [0.3, 0.4) is 0 Å². The molecule has 0 saturated carbocycles. The van der Waals surface area contributed by atoms with Crippen LogP contribution in [0.25, 0.3) is 0 Å². The first-order valence-corrected chi connectivity index (χ1v) is 4.83. The molecular weight excluding hydrogens is 184 g/mol. The van der Waals surface area contributed by atoms with Gasteiger partial charge in [-0.3, -0.25) is 0 Å². The number of hydrogen-bond donors (Lipinski definition) is 1. The third kappa shape index (κ3) is 3.16. The van der Waals surface area contributed by atoms with Crippen molar-refractivity contribution in [3.05, 3.63) is 0 Å². The average Bonchev–Trinajstić information content (AvgIpc) is 2.19. The van der Waals surface area contributed by atoms with Gasteiger partial charge in [0.25, 0.3) is 0 Å². The predicted molar refractivity (Wildman–Crippen MR) is 52.2 cm³/mol. The SMILES string of the molecule is CNCC1COC(=O)N(CCOC)C1. The Morgan fingerprint density at radius 2 is 2.50 bits per heavy atom. The minimum Gasteiger partial charge on any atom is -0.449 e. The molecule has 0 aromatic carbocycles. The van der Waals surface area contributed by atoms with Crippen molar-refractivity contribution in [3.63, 3.8) is 0 Å². The van der Waals surface area contributed by atoms with Crippen molar-refractivity contribution in [1.29, 1.82) is 0 Å². The van der Waals surface area contributed by atoms with Crippen molar-refractivity contribution in [3.8, 4) is 0 Å². The number of nitrogens with zero attached hydrogens (tertiary/aromatic N) is 1. The number of nitrogens with one attached hydrogen (secondary N) is 1. The Morgan fingerprint density at radius 3 is 3.14 bits per heavy atom. The van der Waals surface area contributed by atoms with Gasteiger partial charge >= 0.3 is 6.09 Å². The molecular formula is C9H18N2O3. The fourth-order valence-corrected chi connectivity index (χ4v) is 1.52. The van der Waals surface area contributed by atoms with Gasteiger partial charge in [-0.2, -0.15) is 0 Å². The van der Waals surface area contributed by atoms with Crippen molar-refractivity contribution >= 4 is 6.09 Å². The Labute approximate surface area is 84.4 Å². The van der Waals surface area contributed by atoms with Gasteiger partial charge < -0.3 is 19.7 Å². The highest BCUT2D eigenvalue weighted by Gasteiger charge is 2.25. The van der Waals surface area contributed by atoms with E-state index < -0.39 is 0 Å². The first-order valence-electron chi connectivity index (χ1n) is 4.83. The molecule has 82 valence electrons. The fourth-order valence-electron chi connectivity index (χ4n) is 1.52. The van der Waals surface area contributed by atoms with E-state index in [2.05, 4.69) is 5.32 Å². The van der Waals surface area contributed by atoms with Crippen LogP contribution in [-0.4, -0.2) is 58.0 Å². The van der Waals surface area contributed by atoms with Crippen LogP contribution in [0.2, 0.25) is 0 Å². The second-order valence-electron chi connectivity index (χ2n) is 3.44. The van der Waals surface area contributed by atoms with E-state index in [1.54, 1.807) is 12.0 Å². The third-order valence-electron chi connectivity index (χ3n) is 2.24. The third-order valence-corrected chi connectivity index (χ3v) is 2.24. The van der Waals surface area contributed by atoms with Gasteiger partial charge in [0, 0.05) is 32.7 Å². The van der Waals surface area contributed by atoms with Crippen LogP contribution in [0, 0.1) is 5.92 Å². The Balaban J connectivity index is 2.34. The molecule has 0 aromatic rings. The molecule has 1 unspecified atom stereocenters. The van der Waals surface area contributed by atoms with Gasteiger partial charge in [0.1, 0.15) is 0 Å². The molecule has 14 heavy (non-hydrogen) atoms. The van der Waals surface area contributed by atoms with Gasteiger partial charge in [-0.05, 0) is 7.05 Å². The molecule has 1 aliphatic heterocycles. The van der Waals surface area contributed by atoms with Crippen molar-refractivity contribution in [1.82, 2.24) is 10.2 Å². The second kappa shape index (κ2) is 5.82. The Kier molecular flexibility index (Phi) is 4.69. The zero-order valence-corrected chi connectivity index (χ0v) is 8.78. The first-order chi connectivity index (χ1) is 6.77. The number of methoxy groups -OCH3 is 1. The van der Waals surface area contributed by atoms with Crippen LogP contribution >= 0.6 is 0 Å². The van der Waals surface area contributed by atoms with Gasteiger partial charge in [-0.25, -0.2) is 4.79 Å². The number of carbonyl (C=O) groups is 1. The lowest BCUT2D eigenvalue weighted by molar-refractivity contribution is 0.0338. The van der Waals surface area contributed by atoms with E-state index in [1.807, 2.05) is 7.05 Å². The molecule has 0 aromatic heterocycles. The number of hydrogen-bond acceptors (Lipinski definition) is 4. The van der Waals surface area contributed by atoms with Crippen molar-refractivity contribution in [2.75, 3.05) is 47.0 Å². The Hall–Kier alpha value is -0.810. The Morgan fingerprint density at radius 1 is 1.71 bits per heavy atom. The Bertz CT molecular complexity index is 187. The average molecular weight is 202 g/mol. The molecule has 1 rings (SSSR count). The molecule has 1 saturated heterocycles. The summed E-state index contributed by atoms with van der Waals surface area (Å²) in [5.74, 6) is 0.384. The summed E-state index contributed by atoms with van der Waals surface area (Å²) in [4.78, 5) is 13.0. The number of carbonyl (C=O) groups excluding carboxylic acids is 1. The van der Waals surface area contributed by atoms with Crippen LogP contribution in [-0.2, 0) is 9.47 Å². The van der Waals surface area contributed by atoms with E-state index in [4.69, 9.17) is 9.47 Å². The second-order valence-corrected chi connectivity index (χ2v) is 3.44. The highest BCUT2D eigenvalue weighted by atomic mass is 16.6. The quantitative estimate of drug-likeness (QED) is 0.677. The molecule has 0 radical (unpaired) electrons. The van der Waals surface area contributed by atoms with Crippen molar-refractivity contribution in [2.45, 2.75) is 0 Å². The highest BCUT2D eigenvalue weighted by molar-refractivity contribution is 5.68. The molecule has 0 bridgehead atoms. The van der Waals surface area contributed by atoms with Gasteiger partial charge in [0.15, 0.2) is 0 Å². The summed E-state index contributed by atoms with van der Waals surface area (Å²) >= 11 is 0. The van der Waals surface area contributed by atoms with Gasteiger partial charge in [-0.15, -0.1) is 0 Å². The standard InChI is InChI=1S/C9H18N2O3/c1-10-5-8-6-11(3-4-13-2)9(12)14-7-8/h8,10H,3-7H2,1-2H3. The molecule has 1 atom stereocenters. The number of ether oxygens (including phenoxy) is 2. The van der Waals surface area contributed by atoms with E-state index in [1.165, 1.54) is 0 Å². The molecule has 1 heterocycles. The topological polar surface area (TPSA) is 50.8 Å². The van der Waals surface area contributed by atoms with Crippen LogP contribution < -0.4 is 5.32 Å². The molecule has 0 aliphatic carbocycles. The predicted octanol–water partition coefficient (Wildman–Crippen LogP) is -0.0794. The van der Waals surface area contributed by atoms with Crippen molar-refractivity contribution < 1.29 is 14.3 Å². The summed E-state index contributed by atoms with van der Waals surface area (Å²) in [5, 5.41) is 3.08. The van der Waals surface area contributed by atoms with E-state index in [0.29, 0.717) is 25.7 Å². The van der Waals surface area contributed by atoms with Gasteiger partial charge in [-0.1, -0.05) is 0 Å². The summed E-state index contributed by atoms with van der Waals surface area (Å²) in [6.07, 6.45) is -0.227. The van der Waals surface area contributed by atoms with Crippen LogP contribution in [0.1, 0.15) is 0 Å². The lowest BCUT2D eigenvalue weighted by Gasteiger charge is -2.31. The lowest BCUT2D eigenvalue weighted by Crippen LogP contribution is -2.46. The van der Waals surface area contributed by atoms with Crippen LogP contribution in [0.15, 0.2) is 0 Å². The van der Waals surface area contributed by atoms with Crippen LogP contribution in [0.5, 0.6) is 0 Å². The first kappa shape index (κ1) is 11.3. The number of amides is 1. The van der Waals surface area contributed by atoms with E-state index in [0.717, 1.165) is 13.1 Å². The summed E-state index contributed by atoms with van der Waals surface area (Å²) in [7, 11) is 3.52. The van der Waals surface area contributed by atoms with Gasteiger partial charge in [0.2, 0.25) is 0 Å². The maximum atomic E-state index is 11.3. The molecule has 1 fully saturated rings. The largest absolute Gasteiger partial charge is 0.449 e. The number of rotatable bonds is 5. The van der Waals surface area contributed by atoms with E-state index >= 15 is 0 Å².